The predicted molar refractivity (Wildman–Crippen MR) is 66.5 cm³/mol. The average molecular weight is 266 g/mol. The molecule has 2 aromatic rings. The van der Waals surface area contributed by atoms with E-state index in [9.17, 15) is 13.2 Å². The summed E-state index contributed by atoms with van der Waals surface area (Å²) in [5.74, 6) is 2.54. The minimum Gasteiger partial charge on any atom is -0.166 e. The Morgan fingerprint density at radius 1 is 1.22 bits per heavy atom. The summed E-state index contributed by atoms with van der Waals surface area (Å²) in [6, 6.07) is 7.17. The molecule has 0 amide bonds. The molecular weight excluding hydrogens is 257 g/mol. The van der Waals surface area contributed by atoms with Crippen LogP contribution in [0, 0.1) is 12.3 Å². The molecule has 0 saturated heterocycles. The summed E-state index contributed by atoms with van der Waals surface area (Å²) < 4.78 is 37.7. The summed E-state index contributed by atoms with van der Waals surface area (Å²) in [6.45, 7) is 0. The lowest BCUT2D eigenvalue weighted by molar-refractivity contribution is -0.137. The Hall–Kier alpha value is -1.73. The van der Waals surface area contributed by atoms with Crippen molar-refractivity contribution in [1.82, 2.24) is 0 Å². The molecule has 0 spiro atoms. The molecule has 0 N–H and O–H groups in total. The zero-order valence-corrected chi connectivity index (χ0v) is 10.1. The van der Waals surface area contributed by atoms with Gasteiger partial charge in [0.15, 0.2) is 0 Å². The van der Waals surface area contributed by atoms with Crippen molar-refractivity contribution >= 4 is 11.3 Å². The van der Waals surface area contributed by atoms with Crippen molar-refractivity contribution in [3.63, 3.8) is 0 Å². The third-order valence-electron chi connectivity index (χ3n) is 2.53. The van der Waals surface area contributed by atoms with Gasteiger partial charge in [0.25, 0.3) is 0 Å². The number of benzene rings is 1. The van der Waals surface area contributed by atoms with Gasteiger partial charge < -0.3 is 0 Å². The maximum atomic E-state index is 12.6. The highest BCUT2D eigenvalue weighted by Gasteiger charge is 2.30. The van der Waals surface area contributed by atoms with E-state index in [1.807, 2.05) is 11.4 Å². The van der Waals surface area contributed by atoms with Crippen LogP contribution >= 0.6 is 11.3 Å². The summed E-state index contributed by atoms with van der Waals surface area (Å²) in [4.78, 5) is 0.771. The normalized spacial score (nSPS) is 11.2. The zero-order chi connectivity index (χ0) is 13.2. The van der Waals surface area contributed by atoms with E-state index in [4.69, 9.17) is 6.42 Å². The van der Waals surface area contributed by atoms with E-state index in [1.54, 1.807) is 6.07 Å². The van der Waals surface area contributed by atoms with E-state index < -0.39 is 11.7 Å². The second kappa shape index (κ2) is 4.87. The van der Waals surface area contributed by atoms with Crippen LogP contribution in [0.15, 0.2) is 35.7 Å². The van der Waals surface area contributed by atoms with Gasteiger partial charge in [0, 0.05) is 0 Å². The summed E-state index contributed by atoms with van der Waals surface area (Å²) in [5.41, 5.74) is 0.874. The Morgan fingerprint density at radius 3 is 2.67 bits per heavy atom. The first-order chi connectivity index (χ1) is 8.50. The van der Waals surface area contributed by atoms with Gasteiger partial charge in [0.05, 0.1) is 10.4 Å². The van der Waals surface area contributed by atoms with Crippen LogP contribution < -0.4 is 0 Å². The molecule has 0 bridgehead atoms. The highest BCUT2D eigenvalue weighted by atomic mass is 32.1. The number of rotatable bonds is 2. The molecule has 0 nitrogen and oxygen atoms in total. The molecule has 1 heterocycles. The number of hydrogen-bond acceptors (Lipinski definition) is 1. The highest BCUT2D eigenvalue weighted by molar-refractivity contribution is 7.10. The van der Waals surface area contributed by atoms with Crippen molar-refractivity contribution in [3.05, 3.63) is 57.3 Å². The molecule has 0 fully saturated rings. The molecular formula is C14H9F3S. The Labute approximate surface area is 107 Å². The molecule has 92 valence electrons. The molecule has 4 heteroatoms. The van der Waals surface area contributed by atoms with Gasteiger partial charge in [-0.1, -0.05) is 24.1 Å². The van der Waals surface area contributed by atoms with E-state index >= 15 is 0 Å². The predicted octanol–water partition coefficient (Wildman–Crippen LogP) is 4.34. The van der Waals surface area contributed by atoms with Gasteiger partial charge in [-0.3, -0.25) is 0 Å². The fourth-order valence-electron chi connectivity index (χ4n) is 1.68. The van der Waals surface area contributed by atoms with Crippen molar-refractivity contribution in [1.29, 1.82) is 0 Å². The van der Waals surface area contributed by atoms with Gasteiger partial charge in [-0.2, -0.15) is 13.2 Å². The molecule has 0 saturated carbocycles. The lowest BCUT2D eigenvalue weighted by atomic mass is 10.0. The maximum absolute atomic E-state index is 12.6. The number of halogens is 3. The van der Waals surface area contributed by atoms with E-state index in [1.165, 1.54) is 17.4 Å². The first kappa shape index (κ1) is 12.7. The van der Waals surface area contributed by atoms with Crippen LogP contribution in [0.2, 0.25) is 0 Å². The highest BCUT2D eigenvalue weighted by Crippen LogP contribution is 2.30. The number of alkyl halides is 3. The second-order valence-corrected chi connectivity index (χ2v) is 4.71. The first-order valence-corrected chi connectivity index (χ1v) is 6.08. The molecule has 0 aliphatic rings. The maximum Gasteiger partial charge on any atom is 0.416 e. The number of hydrogen-bond donors (Lipinski definition) is 0. The average Bonchev–Trinajstić information content (AvgIpc) is 2.75. The molecule has 2 rings (SSSR count). The van der Waals surface area contributed by atoms with Crippen LogP contribution in [0.5, 0.6) is 0 Å². The van der Waals surface area contributed by atoms with Crippen LogP contribution in [0.3, 0.4) is 0 Å². The monoisotopic (exact) mass is 266 g/mol. The Bertz CT molecular complexity index is 588. The minimum atomic E-state index is -4.31. The van der Waals surface area contributed by atoms with Gasteiger partial charge in [0.2, 0.25) is 0 Å². The van der Waals surface area contributed by atoms with Gasteiger partial charge in [-0.05, 0) is 35.1 Å². The summed E-state index contributed by atoms with van der Waals surface area (Å²) >= 11 is 1.42. The van der Waals surface area contributed by atoms with E-state index in [-0.39, 0.29) is 0 Å². The molecule has 0 unspecified atom stereocenters. The Morgan fingerprint density at radius 2 is 2.00 bits per heavy atom. The lowest BCUT2D eigenvalue weighted by Gasteiger charge is -2.08. The van der Waals surface area contributed by atoms with Gasteiger partial charge >= 0.3 is 6.18 Å². The van der Waals surface area contributed by atoms with Gasteiger partial charge in [0.1, 0.15) is 0 Å². The van der Waals surface area contributed by atoms with Crippen LogP contribution in [0.25, 0.3) is 0 Å². The van der Waals surface area contributed by atoms with E-state index in [0.29, 0.717) is 12.0 Å². The van der Waals surface area contributed by atoms with E-state index in [0.717, 1.165) is 22.6 Å². The Kier molecular flexibility index (Phi) is 3.44. The summed E-state index contributed by atoms with van der Waals surface area (Å²) in [7, 11) is 0. The zero-order valence-electron chi connectivity index (χ0n) is 9.29. The van der Waals surface area contributed by atoms with Crippen LogP contribution in [-0.4, -0.2) is 0 Å². The van der Waals surface area contributed by atoms with E-state index in [2.05, 4.69) is 5.92 Å². The smallest absolute Gasteiger partial charge is 0.166 e. The third-order valence-corrected chi connectivity index (χ3v) is 3.41. The molecule has 0 atom stereocenters. The first-order valence-electron chi connectivity index (χ1n) is 5.20. The fraction of sp³-hybridized carbons (Fsp3) is 0.143. The topological polar surface area (TPSA) is 0 Å². The van der Waals surface area contributed by atoms with Gasteiger partial charge in [-0.15, -0.1) is 17.8 Å². The van der Waals surface area contributed by atoms with Crippen LogP contribution in [0.1, 0.15) is 21.6 Å². The molecule has 0 radical (unpaired) electrons. The van der Waals surface area contributed by atoms with Gasteiger partial charge in [-0.25, -0.2) is 0 Å². The van der Waals surface area contributed by atoms with Crippen LogP contribution in [0.4, 0.5) is 13.2 Å². The fourth-order valence-corrected chi connectivity index (χ4v) is 2.41. The van der Waals surface area contributed by atoms with Crippen LogP contribution in [-0.2, 0) is 12.6 Å². The molecule has 1 aromatic heterocycles. The van der Waals surface area contributed by atoms with Crippen molar-refractivity contribution < 1.29 is 13.2 Å². The third kappa shape index (κ3) is 2.74. The van der Waals surface area contributed by atoms with Crippen molar-refractivity contribution in [2.45, 2.75) is 12.6 Å². The molecule has 18 heavy (non-hydrogen) atoms. The number of thiophene rings is 1. The Balaban J connectivity index is 2.28. The van der Waals surface area contributed by atoms with Crippen molar-refractivity contribution in [2.24, 2.45) is 0 Å². The molecule has 0 aliphatic heterocycles. The molecule has 0 aliphatic carbocycles. The molecule has 1 aromatic carbocycles. The minimum absolute atomic E-state index is 0.424. The van der Waals surface area contributed by atoms with Crippen molar-refractivity contribution in [2.75, 3.05) is 0 Å². The SMILES string of the molecule is C#Cc1sccc1Cc1cccc(C(F)(F)F)c1. The standard InChI is InChI=1S/C14H9F3S/c1-2-13-11(6-7-18-13)8-10-4-3-5-12(9-10)14(15,16)17/h1,3-7,9H,8H2. The largest absolute Gasteiger partial charge is 0.416 e. The summed E-state index contributed by atoms with van der Waals surface area (Å²) in [6.07, 6.45) is 1.45. The summed E-state index contributed by atoms with van der Waals surface area (Å²) in [5, 5.41) is 1.85. The second-order valence-electron chi connectivity index (χ2n) is 3.79. The number of terminal acetylenes is 1. The quantitative estimate of drug-likeness (QED) is 0.709. The lowest BCUT2D eigenvalue weighted by Crippen LogP contribution is -2.05. The van der Waals surface area contributed by atoms with Crippen molar-refractivity contribution in [3.8, 4) is 12.3 Å².